The predicted molar refractivity (Wildman–Crippen MR) is 86.6 cm³/mol. The normalized spacial score (nSPS) is 12.4. The SMILES string of the molecule is CC(C)C(CNc1ccc(Br)c(F)c1)c1ccccc1. The van der Waals surface area contributed by atoms with Gasteiger partial charge in [0.25, 0.3) is 0 Å². The number of hydrogen-bond acceptors (Lipinski definition) is 1. The smallest absolute Gasteiger partial charge is 0.139 e. The topological polar surface area (TPSA) is 12.0 Å². The highest BCUT2D eigenvalue weighted by Gasteiger charge is 2.15. The van der Waals surface area contributed by atoms with Crippen LogP contribution < -0.4 is 5.32 Å². The van der Waals surface area contributed by atoms with Crippen molar-refractivity contribution >= 4 is 21.6 Å². The van der Waals surface area contributed by atoms with Crippen LogP contribution in [0.2, 0.25) is 0 Å². The van der Waals surface area contributed by atoms with Gasteiger partial charge in [-0.3, -0.25) is 0 Å². The third kappa shape index (κ3) is 3.83. The van der Waals surface area contributed by atoms with Crippen molar-refractivity contribution < 1.29 is 4.39 Å². The molecule has 0 radical (unpaired) electrons. The minimum absolute atomic E-state index is 0.240. The highest BCUT2D eigenvalue weighted by Crippen LogP contribution is 2.26. The largest absolute Gasteiger partial charge is 0.384 e. The zero-order chi connectivity index (χ0) is 14.5. The minimum Gasteiger partial charge on any atom is -0.384 e. The fraction of sp³-hybridized carbons (Fsp3) is 0.294. The van der Waals surface area contributed by atoms with E-state index in [1.807, 2.05) is 12.1 Å². The lowest BCUT2D eigenvalue weighted by Crippen LogP contribution is -2.17. The van der Waals surface area contributed by atoms with Crippen molar-refractivity contribution in [2.45, 2.75) is 19.8 Å². The Balaban J connectivity index is 2.08. The van der Waals surface area contributed by atoms with E-state index >= 15 is 0 Å². The van der Waals surface area contributed by atoms with Crippen LogP contribution in [-0.4, -0.2) is 6.54 Å². The fourth-order valence-electron chi connectivity index (χ4n) is 2.27. The van der Waals surface area contributed by atoms with Crippen molar-refractivity contribution in [3.63, 3.8) is 0 Å². The second-order valence-corrected chi connectivity index (χ2v) is 6.13. The highest BCUT2D eigenvalue weighted by atomic mass is 79.9. The summed E-state index contributed by atoms with van der Waals surface area (Å²) in [6.07, 6.45) is 0. The highest BCUT2D eigenvalue weighted by molar-refractivity contribution is 9.10. The second kappa shape index (κ2) is 6.89. The average molecular weight is 336 g/mol. The first kappa shape index (κ1) is 15.0. The van der Waals surface area contributed by atoms with E-state index < -0.39 is 0 Å². The molecule has 2 aromatic carbocycles. The molecule has 0 heterocycles. The van der Waals surface area contributed by atoms with Crippen LogP contribution >= 0.6 is 15.9 Å². The molecule has 1 unspecified atom stereocenters. The van der Waals surface area contributed by atoms with Crippen molar-refractivity contribution in [2.24, 2.45) is 5.92 Å². The van der Waals surface area contributed by atoms with Crippen molar-refractivity contribution in [3.8, 4) is 0 Å². The number of rotatable bonds is 5. The zero-order valence-corrected chi connectivity index (χ0v) is 13.3. The van der Waals surface area contributed by atoms with E-state index in [-0.39, 0.29) is 5.82 Å². The molecule has 0 aliphatic rings. The first-order valence-electron chi connectivity index (χ1n) is 6.82. The molecule has 106 valence electrons. The summed E-state index contributed by atoms with van der Waals surface area (Å²) >= 11 is 3.17. The summed E-state index contributed by atoms with van der Waals surface area (Å²) < 4.78 is 14.0. The van der Waals surface area contributed by atoms with E-state index in [2.05, 4.69) is 59.4 Å². The van der Waals surface area contributed by atoms with E-state index in [0.717, 1.165) is 12.2 Å². The van der Waals surface area contributed by atoms with Crippen LogP contribution in [-0.2, 0) is 0 Å². The molecule has 2 aromatic rings. The molecule has 0 aliphatic carbocycles. The van der Waals surface area contributed by atoms with Crippen LogP contribution in [0.15, 0.2) is 53.0 Å². The number of hydrogen-bond donors (Lipinski definition) is 1. The van der Waals surface area contributed by atoms with Gasteiger partial charge in [0.2, 0.25) is 0 Å². The fourth-order valence-corrected chi connectivity index (χ4v) is 2.52. The van der Waals surface area contributed by atoms with Gasteiger partial charge in [0.05, 0.1) is 4.47 Å². The van der Waals surface area contributed by atoms with Crippen LogP contribution in [0.1, 0.15) is 25.3 Å². The standard InChI is InChI=1S/C17H19BrFN/c1-12(2)15(13-6-4-3-5-7-13)11-20-14-8-9-16(18)17(19)10-14/h3-10,12,15,20H,11H2,1-2H3. The Morgan fingerprint density at radius 1 is 1.10 bits per heavy atom. The van der Waals surface area contributed by atoms with Crippen LogP contribution in [0.25, 0.3) is 0 Å². The zero-order valence-electron chi connectivity index (χ0n) is 11.7. The Bertz CT molecular complexity index is 554. The van der Waals surface area contributed by atoms with Gasteiger partial charge in [-0.15, -0.1) is 0 Å². The molecular formula is C17H19BrFN. The van der Waals surface area contributed by atoms with E-state index in [1.54, 1.807) is 6.07 Å². The van der Waals surface area contributed by atoms with Gasteiger partial charge in [-0.25, -0.2) is 4.39 Å². The summed E-state index contributed by atoms with van der Waals surface area (Å²) in [6, 6.07) is 15.6. The summed E-state index contributed by atoms with van der Waals surface area (Å²) in [4.78, 5) is 0. The van der Waals surface area contributed by atoms with Crippen molar-refractivity contribution in [2.75, 3.05) is 11.9 Å². The number of anilines is 1. The monoisotopic (exact) mass is 335 g/mol. The number of halogens is 2. The molecule has 1 atom stereocenters. The van der Waals surface area contributed by atoms with Gasteiger partial charge in [-0.05, 0) is 45.6 Å². The molecule has 20 heavy (non-hydrogen) atoms. The van der Waals surface area contributed by atoms with Crippen molar-refractivity contribution in [3.05, 3.63) is 64.4 Å². The third-order valence-corrected chi connectivity index (χ3v) is 4.12. The van der Waals surface area contributed by atoms with Crippen molar-refractivity contribution in [1.82, 2.24) is 0 Å². The molecule has 0 amide bonds. The Kier molecular flexibility index (Phi) is 5.18. The van der Waals surface area contributed by atoms with Crippen LogP contribution in [0.5, 0.6) is 0 Å². The molecule has 3 heteroatoms. The Labute approximate surface area is 128 Å². The van der Waals surface area contributed by atoms with Gasteiger partial charge < -0.3 is 5.32 Å². The van der Waals surface area contributed by atoms with Crippen molar-refractivity contribution in [1.29, 1.82) is 0 Å². The van der Waals surface area contributed by atoms with Gasteiger partial charge in [0.15, 0.2) is 0 Å². The quantitative estimate of drug-likeness (QED) is 0.767. The molecule has 0 spiro atoms. The molecule has 1 N–H and O–H groups in total. The van der Waals surface area contributed by atoms with Gasteiger partial charge in [-0.1, -0.05) is 44.2 Å². The van der Waals surface area contributed by atoms with E-state index in [4.69, 9.17) is 0 Å². The Morgan fingerprint density at radius 3 is 2.40 bits per heavy atom. The summed E-state index contributed by atoms with van der Waals surface area (Å²) in [5.41, 5.74) is 2.12. The second-order valence-electron chi connectivity index (χ2n) is 5.27. The van der Waals surface area contributed by atoms with Crippen LogP contribution in [0.4, 0.5) is 10.1 Å². The van der Waals surface area contributed by atoms with Gasteiger partial charge in [0.1, 0.15) is 5.82 Å². The lowest BCUT2D eigenvalue weighted by Gasteiger charge is -2.22. The first-order chi connectivity index (χ1) is 9.58. The van der Waals surface area contributed by atoms with E-state index in [9.17, 15) is 4.39 Å². The molecule has 0 bridgehead atoms. The molecule has 0 aromatic heterocycles. The number of nitrogens with one attached hydrogen (secondary N) is 1. The third-order valence-electron chi connectivity index (χ3n) is 3.48. The van der Waals surface area contributed by atoms with Gasteiger partial charge in [-0.2, -0.15) is 0 Å². The Morgan fingerprint density at radius 2 is 1.80 bits per heavy atom. The van der Waals surface area contributed by atoms with E-state index in [0.29, 0.717) is 16.3 Å². The molecule has 1 nitrogen and oxygen atoms in total. The average Bonchev–Trinajstić information content (AvgIpc) is 2.44. The lowest BCUT2D eigenvalue weighted by atomic mass is 9.88. The maximum absolute atomic E-state index is 13.5. The van der Waals surface area contributed by atoms with Crippen LogP contribution in [0.3, 0.4) is 0 Å². The molecule has 0 saturated carbocycles. The lowest BCUT2D eigenvalue weighted by molar-refractivity contribution is 0.517. The summed E-state index contributed by atoms with van der Waals surface area (Å²) in [7, 11) is 0. The molecule has 0 aliphatic heterocycles. The maximum atomic E-state index is 13.5. The molecule has 0 fully saturated rings. The summed E-state index contributed by atoms with van der Waals surface area (Å²) in [6.45, 7) is 5.21. The van der Waals surface area contributed by atoms with Crippen LogP contribution in [0, 0.1) is 11.7 Å². The van der Waals surface area contributed by atoms with E-state index in [1.165, 1.54) is 11.6 Å². The minimum atomic E-state index is -0.240. The van der Waals surface area contributed by atoms with Gasteiger partial charge in [0, 0.05) is 18.2 Å². The molecule has 0 saturated heterocycles. The maximum Gasteiger partial charge on any atom is 0.139 e. The summed E-state index contributed by atoms with van der Waals surface area (Å²) in [5, 5.41) is 3.33. The molecule has 2 rings (SSSR count). The predicted octanol–water partition coefficient (Wildman–Crippen LogP) is 5.44. The summed E-state index contributed by atoms with van der Waals surface area (Å²) in [5.74, 6) is 0.684. The Hall–Kier alpha value is -1.35. The van der Waals surface area contributed by atoms with Gasteiger partial charge >= 0.3 is 0 Å². The molecular weight excluding hydrogens is 317 g/mol. The first-order valence-corrected chi connectivity index (χ1v) is 7.61. The number of benzene rings is 2.